The summed E-state index contributed by atoms with van der Waals surface area (Å²) in [5.41, 5.74) is 4.37. The summed E-state index contributed by atoms with van der Waals surface area (Å²) in [6, 6.07) is 21.4. The lowest BCUT2D eigenvalue weighted by atomic mass is 10.0. The number of anilines is 3. The van der Waals surface area contributed by atoms with E-state index in [1.54, 1.807) is 54.6 Å². The number of nitrogens with one attached hydrogen (secondary N) is 3. The highest BCUT2D eigenvalue weighted by Crippen LogP contribution is 2.23. The van der Waals surface area contributed by atoms with Gasteiger partial charge in [0.15, 0.2) is 0 Å². The van der Waals surface area contributed by atoms with Crippen LogP contribution in [0.2, 0.25) is 0 Å². The van der Waals surface area contributed by atoms with Gasteiger partial charge < -0.3 is 21.1 Å². The van der Waals surface area contributed by atoms with Crippen molar-refractivity contribution < 1.29 is 19.5 Å². The molecule has 0 aliphatic heterocycles. The molecule has 34 heavy (non-hydrogen) atoms. The molecule has 0 atom stereocenters. The van der Waals surface area contributed by atoms with Gasteiger partial charge in [-0.25, -0.2) is 0 Å². The maximum atomic E-state index is 13.0. The second kappa shape index (κ2) is 10.3. The maximum Gasteiger partial charge on any atom is 0.322 e. The van der Waals surface area contributed by atoms with Gasteiger partial charge in [-0.2, -0.15) is 0 Å². The van der Waals surface area contributed by atoms with Crippen molar-refractivity contribution in [1.82, 2.24) is 0 Å². The Bertz CT molecular complexity index is 1310. The molecule has 0 heterocycles. The Morgan fingerprint density at radius 2 is 1.59 bits per heavy atom. The number of para-hydroxylation sites is 1. The Hall–Kier alpha value is -4.65. The number of benzene rings is 3. The minimum Gasteiger partial charge on any atom is -0.480 e. The van der Waals surface area contributed by atoms with Gasteiger partial charge in [0.05, 0.1) is 11.3 Å². The van der Waals surface area contributed by atoms with Crippen molar-refractivity contribution in [2.75, 3.05) is 22.5 Å². The molecule has 1 aliphatic carbocycles. The first-order valence-electron chi connectivity index (χ1n) is 10.7. The van der Waals surface area contributed by atoms with E-state index in [-0.39, 0.29) is 12.5 Å². The summed E-state index contributed by atoms with van der Waals surface area (Å²) in [5.74, 6) is -1.70. The fourth-order valence-corrected chi connectivity index (χ4v) is 3.60. The van der Waals surface area contributed by atoms with Crippen molar-refractivity contribution >= 4 is 40.9 Å². The van der Waals surface area contributed by atoms with Crippen LogP contribution >= 0.6 is 0 Å². The molecule has 3 aromatic rings. The molecule has 4 N–H and O–H groups in total. The Labute approximate surface area is 196 Å². The van der Waals surface area contributed by atoms with E-state index in [1.807, 2.05) is 36.4 Å². The minimum atomic E-state index is -0.985. The smallest absolute Gasteiger partial charge is 0.322 e. The van der Waals surface area contributed by atoms with Crippen molar-refractivity contribution in [3.63, 3.8) is 0 Å². The average Bonchev–Trinajstić information content (AvgIpc) is 3.06. The van der Waals surface area contributed by atoms with E-state index in [9.17, 15) is 14.4 Å². The van der Waals surface area contributed by atoms with Gasteiger partial charge in [0.2, 0.25) is 0 Å². The van der Waals surface area contributed by atoms with Crippen LogP contribution in [0.15, 0.2) is 90.5 Å². The topological polar surface area (TPSA) is 108 Å². The molecule has 0 aromatic heterocycles. The molecular weight excluding hydrogens is 430 g/mol. The number of rotatable bonds is 7. The van der Waals surface area contributed by atoms with Gasteiger partial charge in [-0.05, 0) is 54.0 Å². The van der Waals surface area contributed by atoms with Crippen molar-refractivity contribution in [2.24, 2.45) is 0 Å². The third-order valence-corrected chi connectivity index (χ3v) is 5.25. The number of carboxylic acid groups (broad SMARTS) is 1. The summed E-state index contributed by atoms with van der Waals surface area (Å²) in [7, 11) is 0. The number of carbonyl (C=O) groups excluding carboxylic acids is 2. The third-order valence-electron chi connectivity index (χ3n) is 5.25. The zero-order valence-corrected chi connectivity index (χ0v) is 18.2. The van der Waals surface area contributed by atoms with Crippen LogP contribution in [0.5, 0.6) is 0 Å². The molecule has 3 aromatic carbocycles. The van der Waals surface area contributed by atoms with Gasteiger partial charge in [-0.15, -0.1) is 0 Å². The van der Waals surface area contributed by atoms with Gasteiger partial charge in [0.1, 0.15) is 6.54 Å². The molecule has 0 spiro atoms. The lowest BCUT2D eigenvalue weighted by molar-refractivity contribution is -0.135. The Balaban J connectivity index is 1.51. The molecule has 7 nitrogen and oxygen atoms in total. The van der Waals surface area contributed by atoms with Gasteiger partial charge in [-0.1, -0.05) is 54.6 Å². The van der Waals surface area contributed by atoms with Gasteiger partial charge in [0, 0.05) is 16.9 Å². The van der Waals surface area contributed by atoms with Crippen molar-refractivity contribution in [2.45, 2.75) is 6.42 Å². The van der Waals surface area contributed by atoms with Crippen LogP contribution in [0.3, 0.4) is 0 Å². The number of aliphatic carboxylic acids is 1. The average molecular weight is 453 g/mol. The van der Waals surface area contributed by atoms with Crippen LogP contribution in [-0.4, -0.2) is 29.4 Å². The van der Waals surface area contributed by atoms with E-state index < -0.39 is 11.9 Å². The molecule has 0 radical (unpaired) electrons. The van der Waals surface area contributed by atoms with E-state index in [0.717, 1.165) is 17.5 Å². The predicted octanol–water partition coefficient (Wildman–Crippen LogP) is 4.57. The molecule has 4 rings (SSSR count). The molecule has 0 unspecified atom stereocenters. The molecule has 0 fully saturated rings. The van der Waals surface area contributed by atoms with Crippen molar-refractivity contribution in [1.29, 1.82) is 0 Å². The quantitative estimate of drug-likeness (QED) is 0.419. The summed E-state index contributed by atoms with van der Waals surface area (Å²) in [5, 5.41) is 17.2. The van der Waals surface area contributed by atoms with E-state index in [0.29, 0.717) is 28.2 Å². The first-order valence-corrected chi connectivity index (χ1v) is 10.7. The molecule has 170 valence electrons. The van der Waals surface area contributed by atoms with Crippen LogP contribution in [0.25, 0.3) is 6.08 Å². The number of carboxylic acids is 1. The normalized spacial score (nSPS) is 12.1. The monoisotopic (exact) mass is 453 g/mol. The van der Waals surface area contributed by atoms with Crippen LogP contribution in [0.4, 0.5) is 17.1 Å². The van der Waals surface area contributed by atoms with Crippen LogP contribution in [0, 0.1) is 0 Å². The number of carbonyl (C=O) groups is 3. The van der Waals surface area contributed by atoms with E-state index >= 15 is 0 Å². The first kappa shape index (κ1) is 22.5. The standard InChI is InChI=1S/C27H23N3O4/c31-25(32)17-28-21-11-6-12-22(16-21)29-27(34)23-13-3-4-14-24(23)30-26(33)20-10-5-9-18-7-1-2-8-19(18)15-20/h1-8,10-16,28H,9,17H2,(H,29,34)(H,30,33)(H,31,32). The fraction of sp³-hybridized carbons (Fsp3) is 0.0741. The molecule has 0 bridgehead atoms. The lowest BCUT2D eigenvalue weighted by Gasteiger charge is -2.13. The molecule has 2 amide bonds. The largest absolute Gasteiger partial charge is 0.480 e. The van der Waals surface area contributed by atoms with E-state index in [2.05, 4.69) is 16.0 Å². The van der Waals surface area contributed by atoms with Crippen LogP contribution in [0.1, 0.15) is 21.5 Å². The van der Waals surface area contributed by atoms with Gasteiger partial charge in [0.25, 0.3) is 11.8 Å². The Morgan fingerprint density at radius 1 is 0.824 bits per heavy atom. The Kier molecular flexibility index (Phi) is 6.84. The van der Waals surface area contributed by atoms with Crippen LogP contribution < -0.4 is 16.0 Å². The molecule has 1 aliphatic rings. The highest BCUT2D eigenvalue weighted by atomic mass is 16.4. The zero-order valence-electron chi connectivity index (χ0n) is 18.2. The second-order valence-corrected chi connectivity index (χ2v) is 7.69. The number of hydrogen-bond acceptors (Lipinski definition) is 4. The SMILES string of the molecule is O=C(O)CNc1cccc(NC(=O)c2ccccc2NC(=O)C2=Cc3ccccc3CC=C2)c1. The van der Waals surface area contributed by atoms with Gasteiger partial charge in [-0.3, -0.25) is 14.4 Å². The Morgan fingerprint density at radius 3 is 2.44 bits per heavy atom. The first-order chi connectivity index (χ1) is 16.5. The highest BCUT2D eigenvalue weighted by molar-refractivity contribution is 6.14. The fourth-order valence-electron chi connectivity index (χ4n) is 3.60. The number of hydrogen-bond donors (Lipinski definition) is 4. The van der Waals surface area contributed by atoms with E-state index in [4.69, 9.17) is 5.11 Å². The number of amides is 2. The number of allylic oxidation sites excluding steroid dienone is 1. The third kappa shape index (κ3) is 5.58. The summed E-state index contributed by atoms with van der Waals surface area (Å²) < 4.78 is 0. The zero-order chi connectivity index (χ0) is 23.9. The predicted molar refractivity (Wildman–Crippen MR) is 133 cm³/mol. The molecule has 0 saturated heterocycles. The summed E-state index contributed by atoms with van der Waals surface area (Å²) in [6.45, 7) is -0.235. The molecule has 7 heteroatoms. The summed E-state index contributed by atoms with van der Waals surface area (Å²) in [6.07, 6.45) is 6.31. The van der Waals surface area contributed by atoms with Crippen molar-refractivity contribution in [3.8, 4) is 0 Å². The van der Waals surface area contributed by atoms with E-state index in [1.165, 1.54) is 0 Å². The second-order valence-electron chi connectivity index (χ2n) is 7.69. The lowest BCUT2D eigenvalue weighted by Crippen LogP contribution is -2.19. The van der Waals surface area contributed by atoms with Crippen molar-refractivity contribution in [3.05, 3.63) is 107 Å². The molecular formula is C27H23N3O4. The summed E-state index contributed by atoms with van der Waals surface area (Å²) >= 11 is 0. The number of fused-ring (bicyclic) bond motifs is 1. The molecule has 0 saturated carbocycles. The van der Waals surface area contributed by atoms with Gasteiger partial charge >= 0.3 is 5.97 Å². The summed E-state index contributed by atoms with van der Waals surface area (Å²) in [4.78, 5) is 36.8. The maximum absolute atomic E-state index is 13.0. The van der Waals surface area contributed by atoms with Crippen LogP contribution in [-0.2, 0) is 16.0 Å². The highest BCUT2D eigenvalue weighted by Gasteiger charge is 2.16. The minimum absolute atomic E-state index is 0.235.